The zero-order valence-electron chi connectivity index (χ0n) is 19.0. The summed E-state index contributed by atoms with van der Waals surface area (Å²) in [6.45, 7) is -0.382. The standard InChI is InChI=1S/C21H18FN3O9S4/c22-13-7-8-17(23-12-13)36(29,30)18-9-10-19(35-18)37(31,32)24-15(21(27)28)5-3-11-25-20(26)14-4-1-2-6-16(14)38(25,33)34/h1-2,4,6-10,12,15,24H,3,5,11H2,(H,27,28)/t15-/m1/s1. The zero-order valence-corrected chi connectivity index (χ0v) is 22.3. The van der Waals surface area contributed by atoms with E-state index < -0.39 is 67.1 Å². The van der Waals surface area contributed by atoms with E-state index in [0.29, 0.717) is 21.8 Å². The number of pyridine rings is 1. The maximum Gasteiger partial charge on any atom is 0.321 e. The van der Waals surface area contributed by atoms with Crippen LogP contribution in [0.1, 0.15) is 23.2 Å². The van der Waals surface area contributed by atoms with Crippen molar-refractivity contribution in [3.63, 3.8) is 0 Å². The van der Waals surface area contributed by atoms with E-state index in [1.807, 2.05) is 4.72 Å². The fourth-order valence-corrected chi connectivity index (χ4v) is 9.49. The average Bonchev–Trinajstić information content (AvgIpc) is 3.44. The first kappa shape index (κ1) is 27.8. The third kappa shape index (κ3) is 5.19. The monoisotopic (exact) mass is 603 g/mol. The molecule has 0 spiro atoms. The van der Waals surface area contributed by atoms with Crippen molar-refractivity contribution in [2.75, 3.05) is 6.54 Å². The number of nitrogens with zero attached hydrogens (tertiary/aromatic N) is 2. The van der Waals surface area contributed by atoms with Crippen molar-refractivity contribution < 1.29 is 44.3 Å². The molecule has 0 fully saturated rings. The summed E-state index contributed by atoms with van der Waals surface area (Å²) >= 11 is 0.339. The number of hydrogen-bond donors (Lipinski definition) is 2. The van der Waals surface area contributed by atoms with E-state index in [1.165, 1.54) is 24.3 Å². The first-order valence-corrected chi connectivity index (χ1v) is 15.8. The Morgan fingerprint density at radius 2 is 1.76 bits per heavy atom. The Balaban J connectivity index is 1.46. The molecule has 1 aliphatic rings. The topological polar surface area (TPSA) is 185 Å². The second kappa shape index (κ2) is 10.1. The van der Waals surface area contributed by atoms with E-state index in [0.717, 1.165) is 24.3 Å². The first-order valence-electron chi connectivity index (χ1n) is 10.6. The predicted octanol–water partition coefficient (Wildman–Crippen LogP) is 1.47. The average molecular weight is 604 g/mol. The van der Waals surface area contributed by atoms with Crippen LogP contribution in [0.3, 0.4) is 0 Å². The van der Waals surface area contributed by atoms with Crippen LogP contribution in [-0.2, 0) is 34.7 Å². The van der Waals surface area contributed by atoms with Crippen molar-refractivity contribution in [1.82, 2.24) is 14.0 Å². The molecule has 1 atom stereocenters. The molecule has 0 saturated heterocycles. The Morgan fingerprint density at radius 1 is 1.08 bits per heavy atom. The van der Waals surface area contributed by atoms with E-state index in [2.05, 4.69) is 4.98 Å². The second-order valence-corrected chi connectivity index (χ2v) is 14.9. The lowest BCUT2D eigenvalue weighted by molar-refractivity contribution is -0.139. The molecule has 1 aliphatic heterocycles. The van der Waals surface area contributed by atoms with Gasteiger partial charge in [0.25, 0.3) is 26.0 Å². The maximum atomic E-state index is 13.1. The zero-order chi connectivity index (χ0) is 27.9. The first-order chi connectivity index (χ1) is 17.7. The van der Waals surface area contributed by atoms with Crippen LogP contribution >= 0.6 is 11.3 Å². The third-order valence-electron chi connectivity index (χ3n) is 5.42. The van der Waals surface area contributed by atoms with Gasteiger partial charge < -0.3 is 5.11 Å². The lowest BCUT2D eigenvalue weighted by atomic mass is 10.1. The van der Waals surface area contributed by atoms with Crippen LogP contribution < -0.4 is 4.72 Å². The summed E-state index contributed by atoms with van der Waals surface area (Å²) in [5.74, 6) is -3.10. The summed E-state index contributed by atoms with van der Waals surface area (Å²) < 4.78 is 91.0. The second-order valence-electron chi connectivity index (χ2n) is 7.92. The van der Waals surface area contributed by atoms with E-state index in [1.54, 1.807) is 0 Å². The number of sulfone groups is 1. The highest BCUT2D eigenvalue weighted by molar-refractivity contribution is 7.95. The van der Waals surface area contributed by atoms with Crippen LogP contribution in [0.4, 0.5) is 4.39 Å². The number of sulfonamides is 2. The number of benzene rings is 1. The Labute approximate surface area is 220 Å². The van der Waals surface area contributed by atoms with Crippen LogP contribution in [0.5, 0.6) is 0 Å². The van der Waals surface area contributed by atoms with Gasteiger partial charge in [0, 0.05) is 6.54 Å². The van der Waals surface area contributed by atoms with Crippen LogP contribution in [0.25, 0.3) is 0 Å². The Bertz CT molecular complexity index is 1740. The predicted molar refractivity (Wildman–Crippen MR) is 130 cm³/mol. The van der Waals surface area contributed by atoms with E-state index in [9.17, 15) is 44.3 Å². The van der Waals surface area contributed by atoms with Crippen molar-refractivity contribution in [3.8, 4) is 0 Å². The van der Waals surface area contributed by atoms with Gasteiger partial charge in [-0.2, -0.15) is 4.72 Å². The minimum Gasteiger partial charge on any atom is -0.480 e. The van der Waals surface area contributed by atoms with Gasteiger partial charge in [-0.15, -0.1) is 11.3 Å². The summed E-state index contributed by atoms with van der Waals surface area (Å²) in [6, 6.07) is 7.64. The molecular formula is C21H18FN3O9S4. The van der Waals surface area contributed by atoms with Gasteiger partial charge in [0.1, 0.15) is 25.2 Å². The molecule has 1 amide bonds. The summed E-state index contributed by atoms with van der Waals surface area (Å²) in [4.78, 5) is 27.5. The molecule has 12 nitrogen and oxygen atoms in total. The normalized spacial score (nSPS) is 15.8. The SMILES string of the molecule is O=C(O)[C@@H](CCCN1C(=O)c2ccccc2S1(=O)=O)NS(=O)(=O)c1ccc(S(=O)(=O)c2ccc(F)cn2)s1. The molecule has 3 aromatic rings. The molecule has 0 saturated carbocycles. The molecule has 1 aromatic carbocycles. The Hall–Kier alpha value is -3.25. The lowest BCUT2D eigenvalue weighted by Crippen LogP contribution is -2.41. The number of fused-ring (bicyclic) bond motifs is 1. The molecule has 2 N–H and O–H groups in total. The number of thiophene rings is 1. The quantitative estimate of drug-likeness (QED) is 0.344. The highest BCUT2D eigenvalue weighted by Gasteiger charge is 2.40. The molecule has 202 valence electrons. The van der Waals surface area contributed by atoms with Crippen LogP contribution in [0.15, 0.2) is 73.1 Å². The molecular weight excluding hydrogens is 586 g/mol. The molecule has 2 aromatic heterocycles. The van der Waals surface area contributed by atoms with E-state index in [-0.39, 0.29) is 29.8 Å². The maximum absolute atomic E-state index is 13.1. The van der Waals surface area contributed by atoms with Crippen molar-refractivity contribution in [2.24, 2.45) is 0 Å². The lowest BCUT2D eigenvalue weighted by Gasteiger charge is -2.17. The van der Waals surface area contributed by atoms with Gasteiger partial charge in [-0.3, -0.25) is 9.59 Å². The summed E-state index contributed by atoms with van der Waals surface area (Å²) in [5.41, 5.74) is -0.0118. The van der Waals surface area contributed by atoms with Gasteiger partial charge in [-0.25, -0.2) is 38.9 Å². The molecule has 17 heteroatoms. The number of carbonyl (C=O) groups excluding carboxylic acids is 1. The van der Waals surface area contributed by atoms with Crippen molar-refractivity contribution in [3.05, 3.63) is 66.1 Å². The fraction of sp³-hybridized carbons (Fsp3) is 0.190. The summed E-state index contributed by atoms with van der Waals surface area (Å²) in [7, 11) is -12.9. The number of aromatic nitrogens is 1. The van der Waals surface area contributed by atoms with Gasteiger partial charge in [-0.1, -0.05) is 12.1 Å². The summed E-state index contributed by atoms with van der Waals surface area (Å²) in [5, 5.41) is 9.02. The molecule has 4 rings (SSSR count). The molecule has 0 unspecified atom stereocenters. The van der Waals surface area contributed by atoms with Gasteiger partial charge in [0.05, 0.1) is 11.8 Å². The van der Waals surface area contributed by atoms with Crippen LogP contribution in [0, 0.1) is 5.82 Å². The number of carboxylic acid groups (broad SMARTS) is 1. The largest absolute Gasteiger partial charge is 0.480 e. The number of carboxylic acids is 1. The fourth-order valence-electron chi connectivity index (χ4n) is 3.59. The van der Waals surface area contributed by atoms with Crippen LogP contribution in [-0.4, -0.2) is 64.1 Å². The number of carbonyl (C=O) groups is 2. The number of hydrogen-bond acceptors (Lipinski definition) is 10. The number of rotatable bonds is 10. The molecule has 0 aliphatic carbocycles. The smallest absolute Gasteiger partial charge is 0.321 e. The van der Waals surface area contributed by atoms with Gasteiger partial charge in [-0.05, 0) is 49.2 Å². The Morgan fingerprint density at radius 3 is 2.39 bits per heavy atom. The van der Waals surface area contributed by atoms with Gasteiger partial charge in [0.2, 0.25) is 9.84 Å². The molecule has 3 heterocycles. The number of aliphatic carboxylic acids is 1. The van der Waals surface area contributed by atoms with Gasteiger partial charge in [0.15, 0.2) is 5.03 Å². The number of halogens is 1. The van der Waals surface area contributed by atoms with E-state index >= 15 is 0 Å². The minimum atomic E-state index is -4.52. The molecule has 0 radical (unpaired) electrons. The van der Waals surface area contributed by atoms with Gasteiger partial charge >= 0.3 is 5.97 Å². The Kier molecular flexibility index (Phi) is 7.41. The molecule has 38 heavy (non-hydrogen) atoms. The highest BCUT2D eigenvalue weighted by Crippen LogP contribution is 2.31. The number of nitrogens with one attached hydrogen (secondary N) is 1. The van der Waals surface area contributed by atoms with Crippen LogP contribution in [0.2, 0.25) is 0 Å². The van der Waals surface area contributed by atoms with Crippen molar-refractivity contribution >= 4 is 53.1 Å². The van der Waals surface area contributed by atoms with Crippen molar-refractivity contribution in [2.45, 2.75) is 37.2 Å². The highest BCUT2D eigenvalue weighted by atomic mass is 32.3. The van der Waals surface area contributed by atoms with E-state index in [4.69, 9.17) is 0 Å². The molecule has 0 bridgehead atoms. The summed E-state index contributed by atoms with van der Waals surface area (Å²) in [6.07, 6.45) is 0.135. The minimum absolute atomic E-state index is 0.0118. The number of amides is 1. The third-order valence-corrected chi connectivity index (χ3v) is 12.5. The van der Waals surface area contributed by atoms with Crippen molar-refractivity contribution in [1.29, 1.82) is 0 Å².